The van der Waals surface area contributed by atoms with Crippen molar-refractivity contribution in [3.8, 4) is 0 Å². The van der Waals surface area contributed by atoms with Crippen LogP contribution in [0.15, 0.2) is 0 Å². The van der Waals surface area contributed by atoms with Crippen LogP contribution in [0.2, 0.25) is 0 Å². The third-order valence-electron chi connectivity index (χ3n) is 8.08. The summed E-state index contributed by atoms with van der Waals surface area (Å²) in [6.07, 6.45) is -5.56. The van der Waals surface area contributed by atoms with E-state index in [1.165, 1.54) is 12.8 Å². The van der Waals surface area contributed by atoms with E-state index >= 15 is 0 Å². The zero-order valence-corrected chi connectivity index (χ0v) is 26.8. The Hall–Kier alpha value is -1.50. The SMILES string of the molecule is CCCCCCCNCC(=O)NC[C@H]1O[C@H](O[C@H]2O[C@H](CNC(=O)CCNCCCCCC)[C@@H](O)[C@H](O)[C@H]2O)[C@H](O)[C@@H](O)[C@@H]1O. The Morgan fingerprint density at radius 3 is 1.58 bits per heavy atom. The number of aliphatic hydroxyl groups excluding tert-OH is 6. The van der Waals surface area contributed by atoms with Gasteiger partial charge in [0.1, 0.15) is 48.8 Å². The van der Waals surface area contributed by atoms with E-state index in [-0.39, 0.29) is 37.9 Å². The first-order valence-corrected chi connectivity index (χ1v) is 16.6. The highest BCUT2D eigenvalue weighted by Gasteiger charge is 2.49. The highest BCUT2D eigenvalue weighted by Crippen LogP contribution is 2.28. The molecule has 0 aromatic rings. The summed E-state index contributed by atoms with van der Waals surface area (Å²) in [5.74, 6) is -0.659. The van der Waals surface area contributed by atoms with Gasteiger partial charge >= 0.3 is 0 Å². The molecule has 0 aliphatic carbocycles. The molecule has 0 unspecified atom stereocenters. The summed E-state index contributed by atoms with van der Waals surface area (Å²) in [4.78, 5) is 24.5. The van der Waals surface area contributed by atoms with E-state index in [0.29, 0.717) is 13.1 Å². The van der Waals surface area contributed by atoms with E-state index in [9.17, 15) is 40.2 Å². The van der Waals surface area contributed by atoms with Crippen LogP contribution in [0.5, 0.6) is 0 Å². The predicted octanol–water partition coefficient (Wildman–Crippen LogP) is -2.03. The van der Waals surface area contributed by atoms with Gasteiger partial charge in [0.2, 0.25) is 11.8 Å². The van der Waals surface area contributed by atoms with Crippen LogP contribution in [0.3, 0.4) is 0 Å². The van der Waals surface area contributed by atoms with Crippen molar-refractivity contribution >= 4 is 11.8 Å². The molecule has 2 fully saturated rings. The Labute approximate surface area is 266 Å². The van der Waals surface area contributed by atoms with Gasteiger partial charge in [-0.05, 0) is 25.9 Å². The highest BCUT2D eigenvalue weighted by atomic mass is 16.8. The average Bonchev–Trinajstić information content (AvgIpc) is 3.03. The fourth-order valence-corrected chi connectivity index (χ4v) is 5.17. The van der Waals surface area contributed by atoms with Crippen molar-refractivity contribution in [3.05, 3.63) is 0 Å². The van der Waals surface area contributed by atoms with Crippen LogP contribution in [0.25, 0.3) is 0 Å². The molecular formula is C30H58N4O11. The van der Waals surface area contributed by atoms with E-state index < -0.39 is 61.4 Å². The summed E-state index contributed by atoms with van der Waals surface area (Å²) < 4.78 is 16.8. The van der Waals surface area contributed by atoms with Gasteiger partial charge in [-0.15, -0.1) is 0 Å². The summed E-state index contributed by atoms with van der Waals surface area (Å²) >= 11 is 0. The molecular weight excluding hydrogens is 592 g/mol. The molecule has 264 valence electrons. The number of carbonyl (C=O) groups is 2. The summed E-state index contributed by atoms with van der Waals surface area (Å²) in [7, 11) is 0. The maximum absolute atomic E-state index is 12.3. The molecule has 2 aliphatic rings. The first-order valence-electron chi connectivity index (χ1n) is 16.6. The molecule has 0 saturated carbocycles. The summed E-state index contributed by atoms with van der Waals surface area (Å²) in [6, 6.07) is 0. The van der Waals surface area contributed by atoms with Crippen molar-refractivity contribution in [1.82, 2.24) is 21.3 Å². The topological polar surface area (TPSA) is 231 Å². The molecule has 0 radical (unpaired) electrons. The molecule has 0 bridgehead atoms. The number of carbonyl (C=O) groups excluding carboxylic acids is 2. The third-order valence-corrected chi connectivity index (χ3v) is 8.08. The van der Waals surface area contributed by atoms with Crippen LogP contribution in [0.1, 0.15) is 78.1 Å². The summed E-state index contributed by atoms with van der Waals surface area (Å²) in [5, 5.41) is 74.1. The minimum atomic E-state index is -1.77. The molecule has 10 N–H and O–H groups in total. The Morgan fingerprint density at radius 2 is 1.04 bits per heavy atom. The molecule has 2 amide bonds. The average molecular weight is 651 g/mol. The molecule has 10 atom stereocenters. The van der Waals surface area contributed by atoms with Crippen LogP contribution < -0.4 is 21.3 Å². The van der Waals surface area contributed by atoms with Crippen molar-refractivity contribution < 1.29 is 54.4 Å². The van der Waals surface area contributed by atoms with Crippen molar-refractivity contribution in [3.63, 3.8) is 0 Å². The monoisotopic (exact) mass is 650 g/mol. The highest BCUT2D eigenvalue weighted by molar-refractivity contribution is 5.78. The molecule has 15 nitrogen and oxygen atoms in total. The van der Waals surface area contributed by atoms with E-state index in [1.54, 1.807) is 0 Å². The van der Waals surface area contributed by atoms with Gasteiger partial charge in [0.05, 0.1) is 6.54 Å². The minimum absolute atomic E-state index is 0.0531. The van der Waals surface area contributed by atoms with Gasteiger partial charge in [0, 0.05) is 26.1 Å². The molecule has 15 heteroatoms. The van der Waals surface area contributed by atoms with Gasteiger partial charge in [-0.1, -0.05) is 58.8 Å². The van der Waals surface area contributed by atoms with Crippen molar-refractivity contribution in [2.45, 2.75) is 139 Å². The Morgan fingerprint density at radius 1 is 0.578 bits per heavy atom. The van der Waals surface area contributed by atoms with Crippen LogP contribution in [0.4, 0.5) is 0 Å². The van der Waals surface area contributed by atoms with Gasteiger partial charge in [-0.2, -0.15) is 0 Å². The van der Waals surface area contributed by atoms with Crippen LogP contribution in [0, 0.1) is 0 Å². The smallest absolute Gasteiger partial charge is 0.234 e. The largest absolute Gasteiger partial charge is 0.388 e. The van der Waals surface area contributed by atoms with Crippen LogP contribution in [-0.4, -0.2) is 143 Å². The third kappa shape index (κ3) is 14.0. The predicted molar refractivity (Wildman–Crippen MR) is 164 cm³/mol. The van der Waals surface area contributed by atoms with E-state index in [2.05, 4.69) is 35.1 Å². The first-order chi connectivity index (χ1) is 21.6. The number of amides is 2. The maximum Gasteiger partial charge on any atom is 0.234 e. The summed E-state index contributed by atoms with van der Waals surface area (Å²) in [6.45, 7) is 5.90. The van der Waals surface area contributed by atoms with Gasteiger partial charge in [-0.25, -0.2) is 0 Å². The second kappa shape index (κ2) is 22.1. The molecule has 0 aromatic heterocycles. The van der Waals surface area contributed by atoms with E-state index in [1.807, 2.05) is 0 Å². The molecule has 2 aliphatic heterocycles. The van der Waals surface area contributed by atoms with Crippen LogP contribution in [-0.2, 0) is 23.8 Å². The lowest BCUT2D eigenvalue weighted by Gasteiger charge is -2.45. The molecule has 45 heavy (non-hydrogen) atoms. The number of ether oxygens (including phenoxy) is 3. The molecule has 0 spiro atoms. The zero-order chi connectivity index (χ0) is 33.2. The van der Waals surface area contributed by atoms with E-state index in [4.69, 9.17) is 14.2 Å². The number of unbranched alkanes of at least 4 members (excludes halogenated alkanes) is 7. The molecule has 2 saturated heterocycles. The minimum Gasteiger partial charge on any atom is -0.388 e. The first kappa shape index (κ1) is 39.7. The van der Waals surface area contributed by atoms with E-state index in [0.717, 1.165) is 51.5 Å². The second-order valence-corrected chi connectivity index (χ2v) is 11.9. The van der Waals surface area contributed by atoms with Crippen molar-refractivity contribution in [2.24, 2.45) is 0 Å². The second-order valence-electron chi connectivity index (χ2n) is 11.9. The maximum atomic E-state index is 12.3. The number of aliphatic hydroxyl groups is 6. The Bertz CT molecular complexity index is 765. The Balaban J connectivity index is 1.82. The fraction of sp³-hybridized carbons (Fsp3) is 0.933. The fourth-order valence-electron chi connectivity index (χ4n) is 5.17. The summed E-state index contributed by atoms with van der Waals surface area (Å²) in [5.41, 5.74) is 0. The normalized spacial score (nSPS) is 31.9. The molecule has 2 heterocycles. The number of nitrogens with one attached hydrogen (secondary N) is 4. The van der Waals surface area contributed by atoms with Crippen molar-refractivity contribution in [2.75, 3.05) is 39.3 Å². The Kier molecular flexibility index (Phi) is 19.5. The van der Waals surface area contributed by atoms with Gasteiger partial charge in [0.15, 0.2) is 12.6 Å². The lowest BCUT2D eigenvalue weighted by atomic mass is 9.97. The van der Waals surface area contributed by atoms with Crippen LogP contribution >= 0.6 is 0 Å². The lowest BCUT2D eigenvalue weighted by Crippen LogP contribution is -2.64. The number of rotatable bonds is 22. The number of hydrogen-bond donors (Lipinski definition) is 10. The quantitative estimate of drug-likeness (QED) is 0.0571. The van der Waals surface area contributed by atoms with Crippen molar-refractivity contribution in [1.29, 1.82) is 0 Å². The lowest BCUT2D eigenvalue weighted by molar-refractivity contribution is -0.372. The van der Waals surface area contributed by atoms with Gasteiger partial charge < -0.3 is 66.1 Å². The number of hydrogen-bond acceptors (Lipinski definition) is 13. The standard InChI is InChI=1S/C30H58N4O11/c1-3-5-7-9-11-14-32-18-22(36)34-17-20-24(38)26(40)28(42)30(44-20)45-29-27(41)25(39)23(37)19(43-29)16-33-21(35)12-15-31-13-10-8-6-4-2/h19-20,23-32,37-42H,3-18H2,1-2H3,(H,33,35)(H,34,36)/t19-,20-,23-,24-,25+,26+,27-,28-,29-,30-/m1/s1. The zero-order valence-electron chi connectivity index (χ0n) is 26.8. The molecule has 0 aromatic carbocycles. The van der Waals surface area contributed by atoms with Gasteiger partial charge in [0.25, 0.3) is 0 Å². The molecule has 2 rings (SSSR count). The van der Waals surface area contributed by atoms with Gasteiger partial charge in [-0.3, -0.25) is 9.59 Å².